The molecule has 0 bridgehead atoms. The summed E-state index contributed by atoms with van der Waals surface area (Å²) in [5.74, 6) is -0.282. The summed E-state index contributed by atoms with van der Waals surface area (Å²) >= 11 is 6.99. The number of carbonyl (C=O) groups is 2. The van der Waals surface area contributed by atoms with Crippen LogP contribution in [0.5, 0.6) is 0 Å². The average Bonchev–Trinajstić information content (AvgIpc) is 2.88. The number of fused-ring (bicyclic) bond motifs is 1. The average molecular weight is 288 g/mol. The lowest BCUT2D eigenvalue weighted by Gasteiger charge is -2.05. The van der Waals surface area contributed by atoms with E-state index in [0.717, 1.165) is 24.8 Å². The largest absolute Gasteiger partial charge is 0.465 e. The van der Waals surface area contributed by atoms with Crippen molar-refractivity contribution < 1.29 is 14.3 Å². The minimum absolute atomic E-state index is 0.171. The number of halogens is 1. The standard InChI is InChI=1S/C12H14ClNO3S/c1-17-12(16)10-7-3-2-4-8(7)18-11(10)14-9(15)5-6-13/h2-6H2,1H3,(H,14,15). The number of carbonyl (C=O) groups excluding carboxylic acids is 2. The summed E-state index contributed by atoms with van der Waals surface area (Å²) in [7, 11) is 1.35. The van der Waals surface area contributed by atoms with E-state index >= 15 is 0 Å². The molecule has 1 heterocycles. The Morgan fingerprint density at radius 1 is 1.44 bits per heavy atom. The fourth-order valence-electron chi connectivity index (χ4n) is 2.09. The second-order valence-corrected chi connectivity index (χ2v) is 5.52. The summed E-state index contributed by atoms with van der Waals surface area (Å²) in [5, 5.41) is 3.35. The zero-order valence-corrected chi connectivity index (χ0v) is 11.6. The highest BCUT2D eigenvalue weighted by molar-refractivity contribution is 7.17. The van der Waals surface area contributed by atoms with E-state index < -0.39 is 0 Å². The zero-order valence-electron chi connectivity index (χ0n) is 10.0. The van der Waals surface area contributed by atoms with E-state index in [1.807, 2.05) is 0 Å². The molecule has 18 heavy (non-hydrogen) atoms. The van der Waals surface area contributed by atoms with E-state index in [9.17, 15) is 9.59 Å². The number of nitrogens with one attached hydrogen (secondary N) is 1. The van der Waals surface area contributed by atoms with Gasteiger partial charge in [0.25, 0.3) is 0 Å². The number of alkyl halides is 1. The van der Waals surface area contributed by atoms with Crippen molar-refractivity contribution in [3.8, 4) is 0 Å². The number of anilines is 1. The van der Waals surface area contributed by atoms with Gasteiger partial charge in [0.1, 0.15) is 5.00 Å². The van der Waals surface area contributed by atoms with Crippen LogP contribution in [0.1, 0.15) is 33.6 Å². The number of ether oxygens (including phenoxy) is 1. The van der Waals surface area contributed by atoms with Gasteiger partial charge in [-0.25, -0.2) is 4.79 Å². The number of hydrogen-bond acceptors (Lipinski definition) is 4. The molecule has 6 heteroatoms. The molecule has 0 aromatic carbocycles. The molecule has 0 radical (unpaired) electrons. The summed E-state index contributed by atoms with van der Waals surface area (Å²) in [5.41, 5.74) is 1.56. The molecule has 0 fully saturated rings. The van der Waals surface area contributed by atoms with E-state index in [1.54, 1.807) is 0 Å². The number of methoxy groups -OCH3 is 1. The molecule has 1 aromatic rings. The number of amides is 1. The molecule has 98 valence electrons. The molecule has 0 spiro atoms. The second kappa shape index (κ2) is 5.71. The maximum absolute atomic E-state index is 11.8. The van der Waals surface area contributed by atoms with Crippen molar-refractivity contribution in [1.29, 1.82) is 0 Å². The molecule has 0 aliphatic heterocycles. The van der Waals surface area contributed by atoms with Gasteiger partial charge in [-0.15, -0.1) is 22.9 Å². The first-order chi connectivity index (χ1) is 8.67. The molecule has 0 unspecified atom stereocenters. The van der Waals surface area contributed by atoms with Crippen molar-refractivity contribution in [3.63, 3.8) is 0 Å². The summed E-state index contributed by atoms with van der Waals surface area (Å²) < 4.78 is 4.79. The zero-order chi connectivity index (χ0) is 13.1. The minimum atomic E-state index is -0.379. The summed E-state index contributed by atoms with van der Waals surface area (Å²) in [6.45, 7) is 0. The Morgan fingerprint density at radius 3 is 2.89 bits per heavy atom. The summed E-state index contributed by atoms with van der Waals surface area (Å²) in [4.78, 5) is 24.5. The molecule has 0 saturated carbocycles. The third-order valence-electron chi connectivity index (χ3n) is 2.89. The van der Waals surface area contributed by atoms with Gasteiger partial charge in [0.2, 0.25) is 5.91 Å². The van der Waals surface area contributed by atoms with Crippen molar-refractivity contribution in [1.82, 2.24) is 0 Å². The van der Waals surface area contributed by atoms with Crippen molar-refractivity contribution in [2.24, 2.45) is 0 Å². The van der Waals surface area contributed by atoms with Crippen LogP contribution in [0.25, 0.3) is 0 Å². The van der Waals surface area contributed by atoms with Gasteiger partial charge in [-0.2, -0.15) is 0 Å². The smallest absolute Gasteiger partial charge is 0.341 e. The number of esters is 1. The molecular weight excluding hydrogens is 274 g/mol. The molecule has 1 aliphatic carbocycles. The van der Waals surface area contributed by atoms with Crippen molar-refractivity contribution in [3.05, 3.63) is 16.0 Å². The normalized spacial score (nSPS) is 13.2. The predicted octanol–water partition coefficient (Wildman–Crippen LogP) is 2.59. The first-order valence-corrected chi connectivity index (χ1v) is 7.11. The van der Waals surface area contributed by atoms with E-state index in [1.165, 1.54) is 23.3 Å². The van der Waals surface area contributed by atoms with Crippen LogP contribution >= 0.6 is 22.9 Å². The van der Waals surface area contributed by atoms with Gasteiger partial charge in [-0.3, -0.25) is 4.79 Å². The fraction of sp³-hybridized carbons (Fsp3) is 0.500. The van der Waals surface area contributed by atoms with Crippen molar-refractivity contribution >= 4 is 39.8 Å². The minimum Gasteiger partial charge on any atom is -0.465 e. The molecule has 1 amide bonds. The van der Waals surface area contributed by atoms with Crippen LogP contribution in [0.15, 0.2) is 0 Å². The van der Waals surface area contributed by atoms with E-state index in [0.29, 0.717) is 10.6 Å². The number of hydrogen-bond donors (Lipinski definition) is 1. The van der Waals surface area contributed by atoms with Crippen LogP contribution in [-0.4, -0.2) is 24.9 Å². The van der Waals surface area contributed by atoms with E-state index in [-0.39, 0.29) is 24.2 Å². The van der Waals surface area contributed by atoms with Crippen LogP contribution in [0, 0.1) is 0 Å². The van der Waals surface area contributed by atoms with Gasteiger partial charge in [0.15, 0.2) is 0 Å². The van der Waals surface area contributed by atoms with Crippen LogP contribution in [0.3, 0.4) is 0 Å². The SMILES string of the molecule is COC(=O)c1c(NC(=O)CCCl)sc2c1CCC2. The second-order valence-electron chi connectivity index (χ2n) is 4.04. The van der Waals surface area contributed by atoms with Crippen LogP contribution < -0.4 is 5.32 Å². The molecule has 1 aromatic heterocycles. The predicted molar refractivity (Wildman–Crippen MR) is 71.7 cm³/mol. The highest BCUT2D eigenvalue weighted by atomic mass is 35.5. The molecule has 0 atom stereocenters. The third-order valence-corrected chi connectivity index (χ3v) is 4.28. The first-order valence-electron chi connectivity index (χ1n) is 5.76. The third kappa shape index (κ3) is 2.52. The van der Waals surface area contributed by atoms with Gasteiger partial charge >= 0.3 is 5.97 Å². The first kappa shape index (κ1) is 13.4. The number of rotatable bonds is 4. The number of thiophene rings is 1. The highest BCUT2D eigenvalue weighted by Gasteiger charge is 2.27. The lowest BCUT2D eigenvalue weighted by atomic mass is 10.1. The highest BCUT2D eigenvalue weighted by Crippen LogP contribution is 2.39. The molecule has 4 nitrogen and oxygen atoms in total. The molecule has 1 aliphatic rings. The topological polar surface area (TPSA) is 55.4 Å². The Hall–Kier alpha value is -1.07. The fourth-order valence-corrected chi connectivity index (χ4v) is 3.55. The Morgan fingerprint density at radius 2 is 2.22 bits per heavy atom. The Labute approximate surface area is 114 Å². The maximum Gasteiger partial charge on any atom is 0.341 e. The van der Waals surface area contributed by atoms with Gasteiger partial charge in [0, 0.05) is 17.2 Å². The van der Waals surface area contributed by atoms with Crippen molar-refractivity contribution in [2.75, 3.05) is 18.3 Å². The van der Waals surface area contributed by atoms with Gasteiger partial charge in [-0.1, -0.05) is 0 Å². The summed E-state index contributed by atoms with van der Waals surface area (Å²) in [6, 6.07) is 0. The maximum atomic E-state index is 11.8. The molecule has 0 saturated heterocycles. The Bertz CT molecular complexity index is 484. The Balaban J connectivity index is 2.29. The van der Waals surface area contributed by atoms with Crippen LogP contribution in [-0.2, 0) is 22.4 Å². The summed E-state index contributed by atoms with van der Waals surface area (Å²) in [6.07, 6.45) is 3.14. The quantitative estimate of drug-likeness (QED) is 0.684. The van der Waals surface area contributed by atoms with Gasteiger partial charge in [-0.05, 0) is 24.8 Å². The Kier molecular flexibility index (Phi) is 4.24. The van der Waals surface area contributed by atoms with E-state index in [4.69, 9.17) is 16.3 Å². The monoisotopic (exact) mass is 287 g/mol. The van der Waals surface area contributed by atoms with Crippen molar-refractivity contribution in [2.45, 2.75) is 25.7 Å². The molecule has 2 rings (SSSR count). The lowest BCUT2D eigenvalue weighted by molar-refractivity contribution is -0.115. The van der Waals surface area contributed by atoms with Crippen LogP contribution in [0.4, 0.5) is 5.00 Å². The van der Waals surface area contributed by atoms with Crippen LogP contribution in [0.2, 0.25) is 0 Å². The van der Waals surface area contributed by atoms with Gasteiger partial charge in [0.05, 0.1) is 12.7 Å². The lowest BCUT2D eigenvalue weighted by Crippen LogP contribution is -2.14. The molecular formula is C12H14ClNO3S. The van der Waals surface area contributed by atoms with Gasteiger partial charge < -0.3 is 10.1 Å². The molecule has 1 N–H and O–H groups in total. The number of aryl methyl sites for hydroxylation is 1. The van der Waals surface area contributed by atoms with E-state index in [2.05, 4.69) is 5.32 Å².